The molecule has 1 aromatic heterocycles. The molecule has 0 saturated carbocycles. The summed E-state index contributed by atoms with van der Waals surface area (Å²) in [5.41, 5.74) is 5.85. The molecule has 0 aliphatic rings. The van der Waals surface area contributed by atoms with Gasteiger partial charge in [0.15, 0.2) is 0 Å². The minimum Gasteiger partial charge on any atom is -0.322 e. The molecule has 0 unspecified atom stereocenters. The van der Waals surface area contributed by atoms with Gasteiger partial charge in [-0.3, -0.25) is 14.5 Å². The Balaban J connectivity index is 1.60. The third-order valence-electron chi connectivity index (χ3n) is 5.94. The molecule has 34 heavy (non-hydrogen) atoms. The minimum atomic E-state index is -3.77. The highest BCUT2D eigenvalue weighted by molar-refractivity contribution is 7.92. The maximum atomic E-state index is 13.2. The van der Waals surface area contributed by atoms with Crippen molar-refractivity contribution in [3.63, 3.8) is 0 Å². The molecule has 0 bridgehead atoms. The number of hydrogen-bond donors (Lipinski definition) is 2. The van der Waals surface area contributed by atoms with Crippen molar-refractivity contribution in [3.05, 3.63) is 94.7 Å². The number of carbonyl (C=O) groups is 1. The van der Waals surface area contributed by atoms with Crippen LogP contribution in [0.1, 0.15) is 39.7 Å². The van der Waals surface area contributed by atoms with E-state index in [1.54, 1.807) is 12.1 Å². The van der Waals surface area contributed by atoms with E-state index >= 15 is 0 Å². The Labute approximate surface area is 200 Å². The van der Waals surface area contributed by atoms with Crippen molar-refractivity contribution in [2.75, 3.05) is 10.0 Å². The zero-order valence-electron chi connectivity index (χ0n) is 19.6. The van der Waals surface area contributed by atoms with Gasteiger partial charge in [-0.15, -0.1) is 0 Å². The topological polar surface area (TPSA) is 88.2 Å². The van der Waals surface area contributed by atoms with Gasteiger partial charge in [-0.2, -0.15) is 0 Å². The first-order chi connectivity index (χ1) is 16.2. The number of amides is 1. The average molecular weight is 474 g/mol. The van der Waals surface area contributed by atoms with Crippen LogP contribution in [0.25, 0.3) is 10.9 Å². The second-order valence-corrected chi connectivity index (χ2v) is 9.96. The lowest BCUT2D eigenvalue weighted by molar-refractivity contribution is 0.102. The summed E-state index contributed by atoms with van der Waals surface area (Å²) in [6, 6.07) is 19.3. The van der Waals surface area contributed by atoms with Gasteiger partial charge in [0, 0.05) is 16.8 Å². The van der Waals surface area contributed by atoms with Crippen LogP contribution in [0.5, 0.6) is 0 Å². The lowest BCUT2D eigenvalue weighted by Gasteiger charge is -2.15. The SMILES string of the molecule is CCc1nc2ccccc2c(C(=O)Nc2ccc(S(=O)(=O)Nc3c(C)cccc3C)cc2)c1C. The Hall–Kier alpha value is -3.71. The first-order valence-corrected chi connectivity index (χ1v) is 12.6. The van der Waals surface area contributed by atoms with E-state index in [0.717, 1.165) is 39.7 Å². The van der Waals surface area contributed by atoms with Crippen LogP contribution >= 0.6 is 0 Å². The van der Waals surface area contributed by atoms with Crippen LogP contribution in [-0.4, -0.2) is 19.3 Å². The molecule has 0 fully saturated rings. The largest absolute Gasteiger partial charge is 0.322 e. The van der Waals surface area contributed by atoms with Crippen LogP contribution in [0.15, 0.2) is 71.6 Å². The predicted molar refractivity (Wildman–Crippen MR) is 137 cm³/mol. The van der Waals surface area contributed by atoms with E-state index in [1.165, 1.54) is 12.1 Å². The number of rotatable bonds is 6. The van der Waals surface area contributed by atoms with Crippen molar-refractivity contribution in [2.24, 2.45) is 0 Å². The van der Waals surface area contributed by atoms with Gasteiger partial charge < -0.3 is 5.32 Å². The monoisotopic (exact) mass is 473 g/mol. The fourth-order valence-electron chi connectivity index (χ4n) is 4.07. The minimum absolute atomic E-state index is 0.118. The van der Waals surface area contributed by atoms with E-state index in [9.17, 15) is 13.2 Å². The molecule has 174 valence electrons. The highest BCUT2D eigenvalue weighted by Crippen LogP contribution is 2.26. The maximum Gasteiger partial charge on any atom is 0.261 e. The van der Waals surface area contributed by atoms with Crippen molar-refractivity contribution in [1.29, 1.82) is 0 Å². The number of nitrogens with one attached hydrogen (secondary N) is 2. The van der Waals surface area contributed by atoms with Gasteiger partial charge in [0.1, 0.15) is 0 Å². The number of aryl methyl sites for hydroxylation is 3. The fourth-order valence-corrected chi connectivity index (χ4v) is 5.28. The van der Waals surface area contributed by atoms with Crippen LogP contribution in [-0.2, 0) is 16.4 Å². The van der Waals surface area contributed by atoms with E-state index in [0.29, 0.717) is 16.9 Å². The number of pyridine rings is 1. The molecule has 4 aromatic rings. The molecular formula is C27H27N3O3S. The number of benzene rings is 3. The third kappa shape index (κ3) is 4.52. The number of para-hydroxylation sites is 2. The van der Waals surface area contributed by atoms with Crippen LogP contribution in [0.3, 0.4) is 0 Å². The zero-order chi connectivity index (χ0) is 24.5. The molecule has 1 amide bonds. The molecule has 7 heteroatoms. The van der Waals surface area contributed by atoms with Crippen LogP contribution < -0.4 is 10.0 Å². The number of aromatic nitrogens is 1. The van der Waals surface area contributed by atoms with Gasteiger partial charge in [0.05, 0.1) is 21.7 Å². The summed E-state index contributed by atoms with van der Waals surface area (Å²) in [7, 11) is -3.77. The first kappa shape index (κ1) is 23.4. The van der Waals surface area contributed by atoms with Crippen molar-refractivity contribution in [3.8, 4) is 0 Å². The Kier molecular flexibility index (Phi) is 6.39. The lowest BCUT2D eigenvalue weighted by atomic mass is 9.99. The van der Waals surface area contributed by atoms with E-state index in [1.807, 2.05) is 70.2 Å². The molecule has 6 nitrogen and oxygen atoms in total. The molecule has 3 aromatic carbocycles. The Morgan fingerprint density at radius 1 is 0.882 bits per heavy atom. The summed E-state index contributed by atoms with van der Waals surface area (Å²) in [6.45, 7) is 7.63. The van der Waals surface area contributed by atoms with Gasteiger partial charge in [0.25, 0.3) is 15.9 Å². The summed E-state index contributed by atoms with van der Waals surface area (Å²) in [5, 5.41) is 3.69. The summed E-state index contributed by atoms with van der Waals surface area (Å²) in [6.07, 6.45) is 0.719. The predicted octanol–water partition coefficient (Wildman–Crippen LogP) is 5.78. The van der Waals surface area contributed by atoms with Gasteiger partial charge in [0.2, 0.25) is 0 Å². The van der Waals surface area contributed by atoms with E-state index < -0.39 is 10.0 Å². The third-order valence-corrected chi connectivity index (χ3v) is 7.30. The smallest absolute Gasteiger partial charge is 0.261 e. The number of nitrogens with zero attached hydrogens (tertiary/aromatic N) is 1. The molecule has 0 aliphatic carbocycles. The standard InChI is InChI=1S/C27H27N3O3S/c1-5-23-19(4)25(22-11-6-7-12-24(22)29-23)27(31)28-20-13-15-21(16-14-20)34(32,33)30-26-17(2)9-8-10-18(26)3/h6-16,30H,5H2,1-4H3,(H,28,31). The number of hydrogen-bond acceptors (Lipinski definition) is 4. The van der Waals surface area contributed by atoms with Crippen LogP contribution in [0.2, 0.25) is 0 Å². The number of fused-ring (bicyclic) bond motifs is 1. The van der Waals surface area contributed by atoms with Crippen LogP contribution in [0.4, 0.5) is 11.4 Å². The lowest BCUT2D eigenvalue weighted by Crippen LogP contribution is -2.17. The summed E-state index contributed by atoms with van der Waals surface area (Å²) >= 11 is 0. The average Bonchev–Trinajstić information content (AvgIpc) is 2.81. The van der Waals surface area contributed by atoms with Crippen molar-refractivity contribution < 1.29 is 13.2 Å². The molecule has 1 heterocycles. The second-order valence-electron chi connectivity index (χ2n) is 8.28. The highest BCUT2D eigenvalue weighted by atomic mass is 32.2. The number of carbonyl (C=O) groups excluding carboxylic acids is 1. The number of anilines is 2. The zero-order valence-corrected chi connectivity index (χ0v) is 20.5. The van der Waals surface area contributed by atoms with E-state index in [-0.39, 0.29) is 10.8 Å². The molecule has 2 N–H and O–H groups in total. The molecular weight excluding hydrogens is 446 g/mol. The molecule has 0 aliphatic heterocycles. The van der Waals surface area contributed by atoms with Crippen molar-refractivity contribution in [1.82, 2.24) is 4.98 Å². The van der Waals surface area contributed by atoms with Gasteiger partial charge in [-0.05, 0) is 74.2 Å². The normalized spacial score (nSPS) is 11.4. The molecule has 0 atom stereocenters. The Morgan fingerprint density at radius 2 is 1.53 bits per heavy atom. The summed E-state index contributed by atoms with van der Waals surface area (Å²) < 4.78 is 28.5. The molecule has 4 rings (SSSR count). The molecule has 0 spiro atoms. The Morgan fingerprint density at radius 3 is 2.18 bits per heavy atom. The fraction of sp³-hybridized carbons (Fsp3) is 0.185. The maximum absolute atomic E-state index is 13.2. The van der Waals surface area contributed by atoms with Gasteiger partial charge in [-0.1, -0.05) is 43.3 Å². The summed E-state index contributed by atoms with van der Waals surface area (Å²) in [4.78, 5) is 18.0. The molecule has 0 saturated heterocycles. The number of sulfonamides is 1. The quantitative estimate of drug-likeness (QED) is 0.372. The highest BCUT2D eigenvalue weighted by Gasteiger charge is 2.19. The van der Waals surface area contributed by atoms with Crippen molar-refractivity contribution in [2.45, 2.75) is 39.0 Å². The second kappa shape index (κ2) is 9.27. The van der Waals surface area contributed by atoms with Gasteiger partial charge >= 0.3 is 0 Å². The first-order valence-electron chi connectivity index (χ1n) is 11.1. The van der Waals surface area contributed by atoms with Crippen molar-refractivity contribution >= 4 is 38.2 Å². The van der Waals surface area contributed by atoms with Crippen LogP contribution in [0, 0.1) is 20.8 Å². The van der Waals surface area contributed by atoms with E-state index in [2.05, 4.69) is 15.0 Å². The Bertz CT molecular complexity index is 1470. The summed E-state index contributed by atoms with van der Waals surface area (Å²) in [5.74, 6) is -0.255. The van der Waals surface area contributed by atoms with E-state index in [4.69, 9.17) is 0 Å². The van der Waals surface area contributed by atoms with Gasteiger partial charge in [-0.25, -0.2) is 8.42 Å². The molecule has 0 radical (unpaired) electrons.